The summed E-state index contributed by atoms with van der Waals surface area (Å²) < 4.78 is 151. The fourth-order valence-electron chi connectivity index (χ4n) is 13.4. The van der Waals surface area contributed by atoms with Crippen molar-refractivity contribution in [3.05, 3.63) is 185 Å². The molecule has 4 aliphatic heterocycles. The Morgan fingerprint density at radius 2 is 0.962 bits per heavy atom. The second kappa shape index (κ2) is 27.5. The van der Waals surface area contributed by atoms with Gasteiger partial charge in [0, 0.05) is 0 Å². The molecule has 0 radical (unpaired) electrons. The molecule has 6 N–H and O–H groups in total. The Hall–Kier alpha value is -8.99. The van der Waals surface area contributed by atoms with Gasteiger partial charge in [-0.2, -0.15) is 0 Å². The van der Waals surface area contributed by atoms with Crippen LogP contribution in [0.1, 0.15) is 48.9 Å². The van der Waals surface area contributed by atoms with Crippen molar-refractivity contribution in [2.75, 3.05) is 13.2 Å². The summed E-state index contributed by atoms with van der Waals surface area (Å²) in [6.45, 7) is 3.51. The Bertz CT molecular complexity index is 6450. The average molecular weight is 1620 g/mol. The van der Waals surface area contributed by atoms with Gasteiger partial charge in [-0.3, -0.25) is 0 Å². The van der Waals surface area contributed by atoms with Crippen LogP contribution in [-0.4, -0.2) is 119 Å². The second-order valence-electron chi connectivity index (χ2n) is 23.4. The van der Waals surface area contributed by atoms with E-state index in [4.69, 9.17) is 60.0 Å². The summed E-state index contributed by atoms with van der Waals surface area (Å²) in [6, 6.07) is 40.7. The van der Waals surface area contributed by atoms with E-state index in [2.05, 4.69) is 27.0 Å². The molecule has 0 saturated heterocycles. The van der Waals surface area contributed by atoms with Crippen LogP contribution in [0.5, 0.6) is 11.5 Å². The van der Waals surface area contributed by atoms with Gasteiger partial charge in [-0.05, 0) is 0 Å². The summed E-state index contributed by atoms with van der Waals surface area (Å²) in [4.78, 5) is 33.5. The van der Waals surface area contributed by atoms with Crippen molar-refractivity contribution in [3.8, 4) is 45.6 Å². The van der Waals surface area contributed by atoms with E-state index in [0.29, 0.717) is 112 Å². The molecule has 6 bridgehead atoms. The molecule has 522 valence electrons. The van der Waals surface area contributed by atoms with Crippen LogP contribution in [0.3, 0.4) is 0 Å². The zero-order chi connectivity index (χ0) is 72.1. The first-order chi connectivity index (χ1) is 50.2. The number of unbranched alkanes of at least 4 members (excludes halogenated alkanes) is 1. The predicted octanol–water partition coefficient (Wildman–Crippen LogP) is 13.0. The fourth-order valence-corrected chi connectivity index (χ4v) is 24.5. The van der Waals surface area contributed by atoms with Gasteiger partial charge in [-0.1, -0.05) is 5.04 Å². The molecular formula is C68H45InN8O21S6. The van der Waals surface area contributed by atoms with Gasteiger partial charge in [0.15, 0.2) is 0 Å². The molecule has 0 spiro atoms. The van der Waals surface area contributed by atoms with Gasteiger partial charge >= 0.3 is 598 Å². The van der Waals surface area contributed by atoms with E-state index in [0.717, 1.165) is 12.0 Å². The fraction of sp³-hybridized carbons (Fsp3) is 0.0882. The number of hydrogen-bond donors (Lipinski definition) is 6. The molecule has 10 aromatic carbocycles. The summed E-state index contributed by atoms with van der Waals surface area (Å²) in [6.07, 6.45) is 1.20. The van der Waals surface area contributed by atoms with Gasteiger partial charge in [0.1, 0.15) is 0 Å². The molecule has 2 aromatic heterocycles. The monoisotopic (exact) mass is 1620 g/mol. The molecular weight excluding hydrogens is 1570 g/mol. The number of rotatable bonds is 21. The van der Waals surface area contributed by atoms with Gasteiger partial charge in [0.05, 0.1) is 0 Å². The zero-order valence-corrected chi connectivity index (χ0v) is 61.4. The summed E-state index contributed by atoms with van der Waals surface area (Å²) in [7, 11) is -15.3. The number of ether oxygens (including phenoxy) is 2. The van der Waals surface area contributed by atoms with Crippen molar-refractivity contribution < 1.29 is 94.6 Å². The molecule has 0 saturated carbocycles. The third-order valence-corrected chi connectivity index (χ3v) is 30.3. The summed E-state index contributed by atoms with van der Waals surface area (Å²) in [5.41, 5.74) is 2.49. The number of fused-ring (bicyclic) bond motifs is 18. The number of benzene rings is 10. The van der Waals surface area contributed by atoms with E-state index in [1.54, 1.807) is 91.9 Å². The van der Waals surface area contributed by atoms with Crippen molar-refractivity contribution in [2.24, 2.45) is 30.0 Å². The first-order valence-electron chi connectivity index (χ1n) is 30.9. The first-order valence-corrected chi connectivity index (χ1v) is 41.7. The molecule has 0 aliphatic carbocycles. The van der Waals surface area contributed by atoms with Crippen molar-refractivity contribution in [1.82, 2.24) is 5.11 Å². The molecule has 29 nitrogen and oxygen atoms in total. The van der Waals surface area contributed by atoms with E-state index in [1.165, 1.54) is 47.6 Å². The molecule has 4 aliphatic rings. The van der Waals surface area contributed by atoms with Gasteiger partial charge in [0.2, 0.25) is 0 Å². The van der Waals surface area contributed by atoms with E-state index in [-0.39, 0.29) is 120 Å². The maximum atomic E-state index is 14.5. The third kappa shape index (κ3) is 12.4. The third-order valence-electron chi connectivity index (χ3n) is 17.6. The van der Waals surface area contributed by atoms with Crippen LogP contribution in [0.2, 0.25) is 0 Å². The van der Waals surface area contributed by atoms with Crippen molar-refractivity contribution in [2.45, 2.75) is 51.2 Å². The number of nitrogens with zero attached hydrogens (tertiary/aromatic N) is 8. The number of amidine groups is 4. The Balaban J connectivity index is 1.17. The van der Waals surface area contributed by atoms with E-state index >= 15 is 0 Å². The minimum absolute atomic E-state index is 0.00133. The molecule has 0 fully saturated rings. The average Bonchev–Trinajstić information content (AvgIpc) is 1.53. The van der Waals surface area contributed by atoms with E-state index in [9.17, 15) is 49.4 Å². The van der Waals surface area contributed by atoms with Crippen LogP contribution in [-0.2, 0) is 61.1 Å². The second-order valence-corrected chi connectivity index (χ2v) is 36.1. The van der Waals surface area contributed by atoms with Gasteiger partial charge in [-0.25, -0.2) is 10.5 Å². The van der Waals surface area contributed by atoms with Gasteiger partial charge in [-0.15, -0.1) is 0 Å². The van der Waals surface area contributed by atoms with Crippen LogP contribution < -0.4 is 20.4 Å². The topological polar surface area (TPSA) is 391 Å². The molecule has 0 unspecified atom stereocenters. The SMILES string of the molecule is CC#CCOc1c2ccccc2c(OCCCC)c2c3[n]4c(c12)=NC1=NC(=Nc2c5cc6cc(SOOO)ccc6cc5c([n]2[In]4[O]S(=O)(=O)O)N=C2N=C(N=3)c3c2cc2cc(S(=O)(=O)O)ccc2c3-c2ccc(S(=O)(=O)O)cc2)c2c1cc1cc(SOOO)ccc1c2-c1ccc(SOOO)cc1. The Kier molecular flexibility index (Phi) is 18.3. The Morgan fingerprint density at radius 1 is 0.471 bits per heavy atom. The number of hydrogen-bond acceptors (Lipinski definition) is 27. The van der Waals surface area contributed by atoms with Crippen LogP contribution in [0.25, 0.3) is 86.9 Å². The summed E-state index contributed by atoms with van der Waals surface area (Å²) in [5.74, 6) is 5.85. The van der Waals surface area contributed by atoms with Crippen molar-refractivity contribution >= 4 is 189 Å². The van der Waals surface area contributed by atoms with Crippen LogP contribution in [0.15, 0.2) is 206 Å². The van der Waals surface area contributed by atoms with Gasteiger partial charge in [0.25, 0.3) is 0 Å². The molecule has 104 heavy (non-hydrogen) atoms. The van der Waals surface area contributed by atoms with Crippen LogP contribution in [0.4, 0.5) is 11.6 Å². The molecule has 36 heteroatoms. The number of aromatic nitrogens is 2. The Morgan fingerprint density at radius 3 is 1.55 bits per heavy atom. The summed E-state index contributed by atoms with van der Waals surface area (Å²) in [5, 5.41) is 44.2. The van der Waals surface area contributed by atoms with E-state index < -0.39 is 62.9 Å². The van der Waals surface area contributed by atoms with E-state index in [1.807, 2.05) is 31.2 Å². The summed E-state index contributed by atoms with van der Waals surface area (Å²) >= 11 is -3.87. The number of aliphatic imine (C=N–C) groups is 4. The maximum absolute atomic E-state index is 14.5. The standard InChI is InChI=1S/C68H44N8O17S5.In.H2O4S/c1-3-5-25-86-59-47-9-7-8-10-48(47)60(87-26-6-4-2)58-57(59)67-74-64-51-32-38-28-42(96-93-90-79)19-23-45(38)53(34-11-16-40(17-12-34)94-91-88-77)55(51)65(73-64)71-62-50-31-37-27-41(95-92-89-78)18-13-36(37)30-49(50)61(69-62)70-63-52-33-39-29-44(98(83,84)85)22-24-46(39)54(56(52)66(72-63)75-68(58)76-67)35-14-20-43(21-15-35)97(80,81)82;;1-5(2,3)4/h7-24,27-33H,4,6,25-26H2,1-2H3,(H5-2,69,70,71,72,73,74,75,76,77,78,79,80,81,82,83,84,85);;(H2,1,2,3,4)/q-2;+3;/p-1. The van der Waals surface area contributed by atoms with Gasteiger partial charge < -0.3 is 0 Å². The van der Waals surface area contributed by atoms with Crippen LogP contribution >= 0.6 is 36.1 Å². The quantitative estimate of drug-likeness (QED) is 0.00971. The molecule has 0 amide bonds. The normalized spacial score (nSPS) is 13.9. The predicted molar refractivity (Wildman–Crippen MR) is 386 cm³/mol. The molecule has 6 heterocycles. The minimum atomic E-state index is -5.99. The van der Waals surface area contributed by atoms with Crippen molar-refractivity contribution in [3.63, 3.8) is 0 Å². The zero-order valence-electron chi connectivity index (χ0n) is 53.2. The molecule has 12 aromatic rings. The molecule has 16 rings (SSSR count). The van der Waals surface area contributed by atoms with Crippen molar-refractivity contribution in [1.29, 1.82) is 0 Å². The molecule has 0 atom stereocenters. The van der Waals surface area contributed by atoms with Crippen LogP contribution in [0, 0.1) is 11.8 Å². The first kappa shape index (κ1) is 69.4. The Labute approximate surface area is 608 Å².